The van der Waals surface area contributed by atoms with Gasteiger partial charge in [-0.1, -0.05) is 26.0 Å². The standard InChI is InChI=1S/C39H51F3N2O10S/c1-23-9-7-8-10-26-20-38(26,35(49)43-55(50,51)37(5)15-16-37)21-31(45)30-18-28(53-34(48)25-11-13-27(52-6)14-12-25)22-44(30)33(47)29(24(2)17-23)19-32(46)54-36(3,4)39(40,41)42/h8,10-14,23-24,26,28-30H,7,9,15-22H2,1-6H3,(H,43,49)/b10-8-/t23-,24+,26+,28+,29-,30-,38+/m0/s1. The number of allylic oxidation sites excluding steroid dienone is 2. The molecular weight excluding hydrogens is 745 g/mol. The Morgan fingerprint density at radius 1 is 1.04 bits per heavy atom. The van der Waals surface area contributed by atoms with Gasteiger partial charge in [-0.3, -0.25) is 23.9 Å². The second kappa shape index (κ2) is 15.5. The molecule has 2 saturated carbocycles. The van der Waals surface area contributed by atoms with E-state index >= 15 is 0 Å². The number of Topliss-reactive ketones (excluding diaryl/α,β-unsaturated/α-hetero) is 1. The van der Waals surface area contributed by atoms with Gasteiger partial charge in [0.2, 0.25) is 27.4 Å². The topological polar surface area (TPSA) is 162 Å². The van der Waals surface area contributed by atoms with Crippen molar-refractivity contribution in [2.45, 2.75) is 121 Å². The fraction of sp³-hybridized carbons (Fsp3) is 0.667. The quantitative estimate of drug-likeness (QED) is 0.243. The number of benzene rings is 1. The zero-order valence-electron chi connectivity index (χ0n) is 32.1. The normalized spacial score (nSPS) is 30.5. The first kappa shape index (κ1) is 42.2. The molecule has 2 heterocycles. The molecule has 2 amide bonds. The van der Waals surface area contributed by atoms with Crippen molar-refractivity contribution in [1.82, 2.24) is 9.62 Å². The third-order valence-electron chi connectivity index (χ3n) is 11.8. The van der Waals surface area contributed by atoms with E-state index in [-0.39, 0.29) is 30.9 Å². The fourth-order valence-corrected chi connectivity index (χ4v) is 8.93. The van der Waals surface area contributed by atoms with Gasteiger partial charge in [-0.2, -0.15) is 13.2 Å². The molecule has 55 heavy (non-hydrogen) atoms. The van der Waals surface area contributed by atoms with Crippen LogP contribution in [0.4, 0.5) is 13.2 Å². The Hall–Kier alpha value is -3.95. The summed E-state index contributed by atoms with van der Waals surface area (Å²) in [5.41, 5.74) is -4.07. The van der Waals surface area contributed by atoms with Crippen molar-refractivity contribution in [3.8, 4) is 5.75 Å². The summed E-state index contributed by atoms with van der Waals surface area (Å²) in [5.74, 6) is -5.78. The highest BCUT2D eigenvalue weighted by atomic mass is 32.2. The Kier molecular flexibility index (Phi) is 11.9. The number of hydrogen-bond acceptors (Lipinski definition) is 10. The highest BCUT2D eigenvalue weighted by Crippen LogP contribution is 2.57. The molecule has 1 aromatic rings. The summed E-state index contributed by atoms with van der Waals surface area (Å²) in [6, 6.07) is 4.83. The van der Waals surface area contributed by atoms with Gasteiger partial charge in [-0.25, -0.2) is 13.2 Å². The van der Waals surface area contributed by atoms with Crippen LogP contribution in [0.2, 0.25) is 0 Å². The van der Waals surface area contributed by atoms with Gasteiger partial charge >= 0.3 is 18.1 Å². The predicted octanol–water partition coefficient (Wildman–Crippen LogP) is 5.69. The lowest BCUT2D eigenvalue weighted by Crippen LogP contribution is -2.48. The van der Waals surface area contributed by atoms with Crippen molar-refractivity contribution in [1.29, 1.82) is 0 Å². The van der Waals surface area contributed by atoms with E-state index in [4.69, 9.17) is 14.2 Å². The number of carbonyl (C=O) groups excluding carboxylic acids is 5. The lowest BCUT2D eigenvalue weighted by molar-refractivity contribution is -0.257. The molecule has 1 aromatic carbocycles. The van der Waals surface area contributed by atoms with E-state index in [1.54, 1.807) is 26.0 Å². The van der Waals surface area contributed by atoms with E-state index in [0.29, 0.717) is 51.7 Å². The summed E-state index contributed by atoms with van der Waals surface area (Å²) >= 11 is 0. The Balaban J connectivity index is 1.48. The molecule has 304 valence electrons. The van der Waals surface area contributed by atoms with Crippen LogP contribution in [-0.2, 0) is 38.7 Å². The van der Waals surface area contributed by atoms with Crippen molar-refractivity contribution >= 4 is 39.6 Å². The van der Waals surface area contributed by atoms with Gasteiger partial charge < -0.3 is 19.1 Å². The molecule has 2 aliphatic carbocycles. The van der Waals surface area contributed by atoms with E-state index < -0.39 is 104 Å². The maximum atomic E-state index is 14.6. The van der Waals surface area contributed by atoms with Crippen LogP contribution in [0.3, 0.4) is 0 Å². The molecule has 0 unspecified atom stereocenters. The first-order chi connectivity index (χ1) is 25.5. The van der Waals surface area contributed by atoms with Gasteiger partial charge in [0.05, 0.1) is 47.8 Å². The number of ether oxygens (including phenoxy) is 3. The second-order valence-electron chi connectivity index (χ2n) is 16.6. The highest BCUT2D eigenvalue weighted by molar-refractivity contribution is 7.91. The monoisotopic (exact) mass is 796 g/mol. The van der Waals surface area contributed by atoms with Crippen LogP contribution in [-0.4, -0.2) is 85.2 Å². The van der Waals surface area contributed by atoms with Crippen LogP contribution in [0.1, 0.15) is 103 Å². The number of fused-ring (bicyclic) bond motifs is 2. The number of methoxy groups -OCH3 is 1. The predicted molar refractivity (Wildman–Crippen MR) is 193 cm³/mol. The molecule has 0 aromatic heterocycles. The zero-order valence-corrected chi connectivity index (χ0v) is 32.9. The summed E-state index contributed by atoms with van der Waals surface area (Å²) in [7, 11) is -2.58. The van der Waals surface area contributed by atoms with Crippen molar-refractivity contribution in [2.75, 3.05) is 13.7 Å². The molecule has 1 saturated heterocycles. The summed E-state index contributed by atoms with van der Waals surface area (Å²) in [6.07, 6.45) is -0.872. The first-order valence-corrected chi connectivity index (χ1v) is 20.2. The lowest BCUT2D eigenvalue weighted by atomic mass is 9.82. The Labute approximate surface area is 319 Å². The molecule has 0 spiro atoms. The molecule has 3 fully saturated rings. The van der Waals surface area contributed by atoms with Crippen molar-refractivity contribution < 1.29 is 59.8 Å². The SMILES string of the molecule is COc1ccc(C(=O)O[C@@H]2C[C@H]3C(=O)C[C@]4(C(=O)NS(=O)(=O)C5(C)CC5)C[C@H]4/C=C\CC[C@H](C)C[C@@H](C)[C@H](CC(=O)OC(C)(C)C(F)(F)F)C(=O)N3C2)cc1. The summed E-state index contributed by atoms with van der Waals surface area (Å²) in [6.45, 7) is 6.37. The van der Waals surface area contributed by atoms with E-state index in [9.17, 15) is 45.6 Å². The Bertz CT molecular complexity index is 1810. The zero-order chi connectivity index (χ0) is 40.7. The van der Waals surface area contributed by atoms with Crippen LogP contribution in [0.5, 0.6) is 5.75 Å². The van der Waals surface area contributed by atoms with E-state index in [0.717, 1.165) is 0 Å². The molecule has 1 N–H and O–H groups in total. The van der Waals surface area contributed by atoms with Crippen LogP contribution in [0, 0.1) is 29.1 Å². The third kappa shape index (κ3) is 9.20. The smallest absolute Gasteiger partial charge is 0.427 e. The maximum Gasteiger partial charge on any atom is 0.427 e. The summed E-state index contributed by atoms with van der Waals surface area (Å²) in [5, 5.41) is 0. The van der Waals surface area contributed by atoms with Crippen molar-refractivity contribution in [2.24, 2.45) is 29.1 Å². The number of halogens is 3. The second-order valence-corrected chi connectivity index (χ2v) is 18.8. The molecule has 2 aliphatic heterocycles. The number of ketones is 1. The number of hydrogen-bond donors (Lipinski definition) is 1. The minimum absolute atomic E-state index is 0.00592. The summed E-state index contributed by atoms with van der Waals surface area (Å²) in [4.78, 5) is 70.5. The number of rotatable bonds is 9. The number of amides is 2. The van der Waals surface area contributed by atoms with Gasteiger partial charge in [0, 0.05) is 12.8 Å². The first-order valence-electron chi connectivity index (χ1n) is 18.7. The molecule has 7 atom stereocenters. The number of alkyl halides is 3. The minimum atomic E-state index is -4.88. The molecule has 16 heteroatoms. The number of nitrogens with one attached hydrogen (secondary N) is 1. The number of esters is 2. The highest BCUT2D eigenvalue weighted by Gasteiger charge is 2.63. The molecule has 12 nitrogen and oxygen atoms in total. The number of nitrogens with zero attached hydrogens (tertiary/aromatic N) is 1. The molecule has 4 aliphatic rings. The minimum Gasteiger partial charge on any atom is -0.497 e. The molecule has 0 radical (unpaired) electrons. The summed E-state index contributed by atoms with van der Waals surface area (Å²) < 4.78 is 84.2. The Morgan fingerprint density at radius 2 is 1.69 bits per heavy atom. The van der Waals surface area contributed by atoms with Gasteiger partial charge in [0.1, 0.15) is 11.9 Å². The number of sulfonamides is 1. The average Bonchev–Trinajstić information content (AvgIpc) is 3.98. The van der Waals surface area contributed by atoms with Crippen LogP contribution in [0.15, 0.2) is 36.4 Å². The van der Waals surface area contributed by atoms with Gasteiger partial charge in [0.25, 0.3) is 0 Å². The van der Waals surface area contributed by atoms with Crippen molar-refractivity contribution in [3.05, 3.63) is 42.0 Å². The molecular formula is C39H51F3N2O10S. The van der Waals surface area contributed by atoms with Crippen LogP contribution >= 0.6 is 0 Å². The van der Waals surface area contributed by atoms with Crippen LogP contribution < -0.4 is 9.46 Å². The largest absolute Gasteiger partial charge is 0.497 e. The molecule has 0 bridgehead atoms. The molecule has 5 rings (SSSR count). The van der Waals surface area contributed by atoms with E-state index in [1.807, 2.05) is 19.1 Å². The van der Waals surface area contributed by atoms with E-state index in [1.165, 1.54) is 24.1 Å². The van der Waals surface area contributed by atoms with Crippen molar-refractivity contribution in [3.63, 3.8) is 0 Å². The van der Waals surface area contributed by atoms with Gasteiger partial charge in [-0.15, -0.1) is 0 Å². The third-order valence-corrected chi connectivity index (χ3v) is 14.0. The van der Waals surface area contributed by atoms with E-state index in [2.05, 4.69) is 4.72 Å². The maximum absolute atomic E-state index is 14.6. The van der Waals surface area contributed by atoms with Crippen LogP contribution in [0.25, 0.3) is 0 Å². The average molecular weight is 797 g/mol. The fourth-order valence-electron chi connectivity index (χ4n) is 7.60. The lowest BCUT2D eigenvalue weighted by Gasteiger charge is -2.33. The van der Waals surface area contributed by atoms with Gasteiger partial charge in [0.15, 0.2) is 5.78 Å². The Morgan fingerprint density at radius 3 is 2.29 bits per heavy atom. The number of carbonyl (C=O) groups is 5. The van der Waals surface area contributed by atoms with Gasteiger partial charge in [-0.05, 0) is 101 Å².